The molecule has 2 heterocycles. The number of anilines is 3. The van der Waals surface area contributed by atoms with Crippen LogP contribution in [0.25, 0.3) is 28.1 Å². The van der Waals surface area contributed by atoms with E-state index in [1.165, 1.54) is 19.1 Å². The van der Waals surface area contributed by atoms with Crippen LogP contribution in [0.2, 0.25) is 0 Å². The number of aromatic nitrogens is 3. The van der Waals surface area contributed by atoms with Crippen LogP contribution in [0, 0.1) is 5.82 Å². The number of hydrogen-bond acceptors (Lipinski definition) is 6. The number of amides is 1. The fourth-order valence-electron chi connectivity index (χ4n) is 5.18. The van der Waals surface area contributed by atoms with E-state index in [-0.39, 0.29) is 23.9 Å². The molecule has 0 atom stereocenters. The van der Waals surface area contributed by atoms with Gasteiger partial charge >= 0.3 is 0 Å². The molecule has 8 nitrogen and oxygen atoms in total. The normalized spacial score (nSPS) is 17.7. The van der Waals surface area contributed by atoms with E-state index in [0.717, 1.165) is 70.5 Å². The molecule has 0 bridgehead atoms. The monoisotopic (exact) mass is 536 g/mol. The number of aliphatic hydroxyl groups is 1. The summed E-state index contributed by atoms with van der Waals surface area (Å²) in [6.07, 6.45) is 4.44. The van der Waals surface area contributed by atoms with Gasteiger partial charge in [0.1, 0.15) is 11.6 Å². The molecule has 40 heavy (non-hydrogen) atoms. The number of benzene rings is 3. The summed E-state index contributed by atoms with van der Waals surface area (Å²) in [7, 11) is 0. The molecule has 9 heteroatoms. The van der Waals surface area contributed by atoms with Crippen LogP contribution in [0.3, 0.4) is 0 Å². The van der Waals surface area contributed by atoms with E-state index >= 15 is 0 Å². The van der Waals surface area contributed by atoms with Gasteiger partial charge in [-0.15, -0.1) is 0 Å². The van der Waals surface area contributed by atoms with Gasteiger partial charge in [-0.1, -0.05) is 12.1 Å². The average molecular weight is 537 g/mol. The van der Waals surface area contributed by atoms with E-state index in [1.807, 2.05) is 42.5 Å². The molecule has 3 N–H and O–H groups in total. The topological polar surface area (TPSA) is 104 Å². The molecule has 1 amide bonds. The second-order valence-electron chi connectivity index (χ2n) is 10.1. The van der Waals surface area contributed by atoms with Crippen molar-refractivity contribution in [3.8, 4) is 17.1 Å². The van der Waals surface area contributed by atoms with Crippen LogP contribution in [0.5, 0.6) is 0 Å². The Balaban J connectivity index is 1.53. The smallest absolute Gasteiger partial charge is 0.222 e. The second kappa shape index (κ2) is 10.9. The summed E-state index contributed by atoms with van der Waals surface area (Å²) in [4.78, 5) is 25.8. The minimum Gasteiger partial charge on any atom is -0.393 e. The van der Waals surface area contributed by atoms with Crippen molar-refractivity contribution in [3.05, 3.63) is 90.2 Å². The van der Waals surface area contributed by atoms with Gasteiger partial charge in [0.25, 0.3) is 0 Å². The molecule has 3 aromatic rings. The summed E-state index contributed by atoms with van der Waals surface area (Å²) in [6.45, 7) is 1.44. The lowest BCUT2D eigenvalue weighted by Crippen LogP contribution is -2.24. The molecule has 2 aromatic carbocycles. The van der Waals surface area contributed by atoms with Crippen molar-refractivity contribution in [2.75, 3.05) is 10.6 Å². The van der Waals surface area contributed by atoms with E-state index < -0.39 is 0 Å². The lowest BCUT2D eigenvalue weighted by atomic mass is 9.93. The SMILES string of the molecule is CC(=O)Nc1ccc(Nc2cc3nc4ccccc4n(-c4ccc(F)cc4)c-3c/c2=N\[C@H]2CC[C@H](O)CC2)cn1. The first-order valence-electron chi connectivity index (χ1n) is 13.4. The van der Waals surface area contributed by atoms with Gasteiger partial charge in [0.2, 0.25) is 5.91 Å². The van der Waals surface area contributed by atoms with Crippen LogP contribution < -0.4 is 16.0 Å². The van der Waals surface area contributed by atoms with Crippen molar-refractivity contribution in [1.82, 2.24) is 14.5 Å². The van der Waals surface area contributed by atoms with Crippen LogP contribution in [0.4, 0.5) is 21.6 Å². The fraction of sp³-hybridized carbons (Fsp3) is 0.226. The zero-order valence-electron chi connectivity index (χ0n) is 22.0. The van der Waals surface area contributed by atoms with Gasteiger partial charge in [0.15, 0.2) is 0 Å². The highest BCUT2D eigenvalue weighted by molar-refractivity contribution is 5.88. The predicted molar refractivity (Wildman–Crippen MR) is 153 cm³/mol. The van der Waals surface area contributed by atoms with E-state index in [1.54, 1.807) is 24.4 Å². The summed E-state index contributed by atoms with van der Waals surface area (Å²) in [5.41, 5.74) is 5.59. The maximum Gasteiger partial charge on any atom is 0.222 e. The number of hydrogen-bond donors (Lipinski definition) is 3. The summed E-state index contributed by atoms with van der Waals surface area (Å²) in [6, 6.07) is 21.9. The standard InChI is InChI=1S/C31H29FN6O2/c1-19(39)34-31-15-10-22(18-33-31)36-26-16-28-30(17-27(26)35-21-8-13-24(40)14-9-21)38(23-11-6-20(32)7-12-23)29-5-3-2-4-25(29)37-28/h2-7,10-12,15-18,21,24,36,40H,8-9,13-14H2,1H3,(H,33,34,39)/b35-27+/t21-,24-. The highest BCUT2D eigenvalue weighted by Crippen LogP contribution is 2.31. The summed E-state index contributed by atoms with van der Waals surface area (Å²) in [5.74, 6) is -0.0169. The van der Waals surface area contributed by atoms with Gasteiger partial charge in [-0.25, -0.2) is 14.4 Å². The van der Waals surface area contributed by atoms with Gasteiger partial charge in [-0.2, -0.15) is 0 Å². The van der Waals surface area contributed by atoms with Gasteiger partial charge in [0.05, 0.1) is 57.5 Å². The molecule has 1 saturated carbocycles. The number of aliphatic hydroxyl groups excluding tert-OH is 1. The van der Waals surface area contributed by atoms with Crippen molar-refractivity contribution < 1.29 is 14.3 Å². The largest absolute Gasteiger partial charge is 0.393 e. The summed E-state index contributed by atoms with van der Waals surface area (Å²) >= 11 is 0. The number of nitrogens with one attached hydrogen (secondary N) is 2. The Labute approximate surface area is 230 Å². The second-order valence-corrected chi connectivity index (χ2v) is 10.1. The van der Waals surface area contributed by atoms with Crippen LogP contribution in [0.15, 0.2) is 84.0 Å². The van der Waals surface area contributed by atoms with Gasteiger partial charge in [-0.05, 0) is 86.3 Å². The molecule has 1 fully saturated rings. The van der Waals surface area contributed by atoms with E-state index in [4.69, 9.17) is 9.98 Å². The molecule has 3 aliphatic rings. The highest BCUT2D eigenvalue weighted by Gasteiger charge is 2.20. The summed E-state index contributed by atoms with van der Waals surface area (Å²) in [5, 5.41) is 16.9. The Bertz CT molecular complexity index is 1710. The van der Waals surface area contributed by atoms with E-state index in [9.17, 15) is 14.3 Å². The Morgan fingerprint density at radius 1 is 1.02 bits per heavy atom. The number of pyridine rings is 1. The minimum absolute atomic E-state index is 0.0781. The van der Waals surface area contributed by atoms with Gasteiger partial charge in [-0.3, -0.25) is 9.79 Å². The number of carbonyl (C=O) groups excluding carboxylic acids is 1. The number of carbonyl (C=O) groups is 1. The molecule has 0 radical (unpaired) electrons. The first-order chi connectivity index (χ1) is 19.4. The van der Waals surface area contributed by atoms with Crippen molar-refractivity contribution in [1.29, 1.82) is 0 Å². The Hall–Kier alpha value is -4.63. The van der Waals surface area contributed by atoms with Crippen LogP contribution in [-0.2, 0) is 4.79 Å². The van der Waals surface area contributed by atoms with E-state index in [2.05, 4.69) is 20.2 Å². The number of para-hydroxylation sites is 2. The first-order valence-corrected chi connectivity index (χ1v) is 13.4. The zero-order valence-corrected chi connectivity index (χ0v) is 22.0. The minimum atomic E-state index is -0.299. The molecule has 1 aliphatic heterocycles. The maximum absolute atomic E-state index is 13.8. The molecule has 1 aromatic heterocycles. The molecule has 0 saturated heterocycles. The predicted octanol–water partition coefficient (Wildman–Crippen LogP) is 5.57. The number of nitrogens with zero attached hydrogens (tertiary/aromatic N) is 4. The fourth-order valence-corrected chi connectivity index (χ4v) is 5.18. The van der Waals surface area contributed by atoms with Crippen LogP contribution >= 0.6 is 0 Å². The molecular formula is C31H29FN6O2. The third-order valence-electron chi connectivity index (χ3n) is 7.12. The van der Waals surface area contributed by atoms with Crippen molar-refractivity contribution in [2.45, 2.75) is 44.8 Å². The first kappa shape index (κ1) is 25.6. The molecule has 202 valence electrons. The van der Waals surface area contributed by atoms with Gasteiger partial charge in [0, 0.05) is 12.6 Å². The quantitative estimate of drug-likeness (QED) is 0.255. The molecule has 0 spiro atoms. The Kier molecular flexibility index (Phi) is 6.96. The molecular weight excluding hydrogens is 507 g/mol. The van der Waals surface area contributed by atoms with Crippen LogP contribution in [0.1, 0.15) is 32.6 Å². The third-order valence-corrected chi connectivity index (χ3v) is 7.12. The number of halogens is 1. The third kappa shape index (κ3) is 5.41. The zero-order chi connectivity index (χ0) is 27.6. The van der Waals surface area contributed by atoms with Crippen molar-refractivity contribution >= 4 is 34.1 Å². The van der Waals surface area contributed by atoms with E-state index in [0.29, 0.717) is 5.82 Å². The molecule has 0 unspecified atom stereocenters. The Morgan fingerprint density at radius 2 is 1.80 bits per heavy atom. The van der Waals surface area contributed by atoms with Crippen molar-refractivity contribution in [3.63, 3.8) is 0 Å². The Morgan fingerprint density at radius 3 is 2.52 bits per heavy atom. The lowest BCUT2D eigenvalue weighted by Gasteiger charge is -2.23. The maximum atomic E-state index is 13.8. The highest BCUT2D eigenvalue weighted by atomic mass is 19.1. The number of fused-ring (bicyclic) bond motifs is 2. The average Bonchev–Trinajstić information content (AvgIpc) is 2.95. The van der Waals surface area contributed by atoms with Gasteiger partial charge < -0.3 is 20.3 Å². The summed E-state index contributed by atoms with van der Waals surface area (Å²) < 4.78 is 15.9. The molecule has 2 aliphatic carbocycles. The van der Waals surface area contributed by atoms with Crippen LogP contribution in [-0.4, -0.2) is 37.7 Å². The number of rotatable bonds is 5. The van der Waals surface area contributed by atoms with Crippen molar-refractivity contribution in [2.24, 2.45) is 4.99 Å². The molecule has 6 rings (SSSR count). The lowest BCUT2D eigenvalue weighted by molar-refractivity contribution is -0.114.